The molecule has 0 unspecified atom stereocenters. The first-order valence-corrected chi connectivity index (χ1v) is 9.22. The molecule has 0 bridgehead atoms. The van der Waals surface area contributed by atoms with Crippen molar-refractivity contribution in [3.8, 4) is 11.1 Å². The number of aromatic nitrogens is 4. The minimum absolute atomic E-state index is 0.106. The van der Waals surface area contributed by atoms with Gasteiger partial charge in [0, 0.05) is 47.2 Å². The number of carbonyl (C=O) groups is 1. The first-order valence-electron chi connectivity index (χ1n) is 9.22. The zero-order valence-electron chi connectivity index (χ0n) is 15.7. The average molecular weight is 382 g/mol. The number of anilines is 3. The molecule has 0 saturated heterocycles. The Bertz CT molecular complexity index is 1350. The van der Waals surface area contributed by atoms with Crippen molar-refractivity contribution in [3.63, 3.8) is 0 Å². The summed E-state index contributed by atoms with van der Waals surface area (Å²) in [7, 11) is 0. The summed E-state index contributed by atoms with van der Waals surface area (Å²) in [6, 6.07) is 17.7. The van der Waals surface area contributed by atoms with Gasteiger partial charge in [-0.25, -0.2) is 9.50 Å². The molecule has 0 atom stereocenters. The highest BCUT2D eigenvalue weighted by Gasteiger charge is 2.10. The Hall–Kier alpha value is -4.13. The van der Waals surface area contributed by atoms with E-state index in [9.17, 15) is 4.79 Å². The van der Waals surface area contributed by atoms with Crippen molar-refractivity contribution in [1.29, 1.82) is 0 Å². The maximum Gasteiger partial charge on any atom is 0.221 e. The fraction of sp³-hybridized carbons (Fsp3) is 0.0455. The number of nitrogens with zero attached hydrogens (tertiary/aromatic N) is 3. The summed E-state index contributed by atoms with van der Waals surface area (Å²) < 4.78 is 1.74. The van der Waals surface area contributed by atoms with Crippen molar-refractivity contribution in [3.05, 3.63) is 73.2 Å². The smallest absolute Gasteiger partial charge is 0.221 e. The Morgan fingerprint density at radius 3 is 2.90 bits per heavy atom. The van der Waals surface area contributed by atoms with Crippen LogP contribution < -0.4 is 10.6 Å². The molecule has 3 heterocycles. The average Bonchev–Trinajstić information content (AvgIpc) is 3.33. The molecule has 2 aromatic carbocycles. The molecule has 7 nitrogen and oxygen atoms in total. The van der Waals surface area contributed by atoms with E-state index in [2.05, 4.69) is 26.8 Å². The van der Waals surface area contributed by atoms with Crippen LogP contribution in [0.2, 0.25) is 0 Å². The van der Waals surface area contributed by atoms with E-state index in [-0.39, 0.29) is 5.91 Å². The van der Waals surface area contributed by atoms with Crippen LogP contribution in [0, 0.1) is 0 Å². The second-order valence-electron chi connectivity index (χ2n) is 6.81. The number of nitrogens with one attached hydrogen (secondary N) is 3. The van der Waals surface area contributed by atoms with E-state index in [0.717, 1.165) is 44.9 Å². The van der Waals surface area contributed by atoms with Gasteiger partial charge in [-0.15, -0.1) is 0 Å². The number of rotatable bonds is 4. The Labute approximate surface area is 166 Å². The molecule has 7 heteroatoms. The lowest BCUT2D eigenvalue weighted by Gasteiger charge is -2.08. The van der Waals surface area contributed by atoms with Crippen molar-refractivity contribution >= 4 is 39.6 Å². The number of benzene rings is 2. The summed E-state index contributed by atoms with van der Waals surface area (Å²) >= 11 is 0. The highest BCUT2D eigenvalue weighted by molar-refractivity contribution is 5.90. The van der Waals surface area contributed by atoms with Gasteiger partial charge < -0.3 is 15.6 Å². The first-order chi connectivity index (χ1) is 14.2. The van der Waals surface area contributed by atoms with E-state index in [1.54, 1.807) is 10.7 Å². The standard InChI is InChI=1S/C22H18N6O/c1-14(29)25-17-4-2-3-15(11-17)19-13-24-28-10-8-21(27-22(19)28)26-18-5-6-20-16(12-18)7-9-23-20/h2-13,23H,1H3,(H,25,29)(H,26,27). The number of H-pyrrole nitrogens is 1. The highest BCUT2D eigenvalue weighted by Crippen LogP contribution is 2.27. The molecular formula is C22H18N6O. The van der Waals surface area contributed by atoms with E-state index < -0.39 is 0 Å². The fourth-order valence-corrected chi connectivity index (χ4v) is 3.39. The molecule has 0 aliphatic rings. The predicted molar refractivity (Wildman–Crippen MR) is 114 cm³/mol. The number of amides is 1. The summed E-state index contributed by atoms with van der Waals surface area (Å²) in [5, 5.41) is 11.7. The van der Waals surface area contributed by atoms with Crippen LogP contribution >= 0.6 is 0 Å². The van der Waals surface area contributed by atoms with Crippen LogP contribution in [0.5, 0.6) is 0 Å². The van der Waals surface area contributed by atoms with Gasteiger partial charge in [0.05, 0.1) is 6.20 Å². The normalized spacial score (nSPS) is 11.1. The molecule has 29 heavy (non-hydrogen) atoms. The topological polar surface area (TPSA) is 87.1 Å². The largest absolute Gasteiger partial charge is 0.361 e. The lowest BCUT2D eigenvalue weighted by molar-refractivity contribution is -0.114. The molecule has 3 N–H and O–H groups in total. The van der Waals surface area contributed by atoms with Gasteiger partial charge in [-0.05, 0) is 48.0 Å². The zero-order chi connectivity index (χ0) is 19.8. The monoisotopic (exact) mass is 382 g/mol. The van der Waals surface area contributed by atoms with Crippen LogP contribution in [0.4, 0.5) is 17.2 Å². The van der Waals surface area contributed by atoms with Crippen molar-refractivity contribution < 1.29 is 4.79 Å². The molecule has 142 valence electrons. The molecule has 5 aromatic rings. The molecule has 0 aliphatic carbocycles. The molecule has 5 rings (SSSR count). The van der Waals surface area contributed by atoms with Gasteiger partial charge in [0.2, 0.25) is 5.91 Å². The van der Waals surface area contributed by atoms with Crippen LogP contribution in [0.1, 0.15) is 6.92 Å². The van der Waals surface area contributed by atoms with Gasteiger partial charge in [-0.3, -0.25) is 4.79 Å². The Balaban J connectivity index is 1.51. The predicted octanol–water partition coefficient (Wildman–Crippen LogP) is 4.58. The van der Waals surface area contributed by atoms with Gasteiger partial charge in [0.15, 0.2) is 5.65 Å². The lowest BCUT2D eigenvalue weighted by atomic mass is 10.1. The third kappa shape index (κ3) is 3.29. The second-order valence-corrected chi connectivity index (χ2v) is 6.81. The SMILES string of the molecule is CC(=O)Nc1cccc(-c2cnn3ccc(Nc4ccc5[nH]ccc5c4)nc23)c1. The summed E-state index contributed by atoms with van der Waals surface area (Å²) in [6.45, 7) is 1.49. The summed E-state index contributed by atoms with van der Waals surface area (Å²) in [5.41, 5.74) is 5.35. The van der Waals surface area contributed by atoms with Gasteiger partial charge in [0.25, 0.3) is 0 Å². The van der Waals surface area contributed by atoms with Crippen molar-refractivity contribution in [1.82, 2.24) is 19.6 Å². The molecule has 3 aromatic heterocycles. The van der Waals surface area contributed by atoms with E-state index in [1.807, 2.05) is 60.9 Å². The van der Waals surface area contributed by atoms with Gasteiger partial charge in [-0.2, -0.15) is 5.10 Å². The van der Waals surface area contributed by atoms with E-state index >= 15 is 0 Å². The van der Waals surface area contributed by atoms with Crippen LogP contribution in [0.15, 0.2) is 73.2 Å². The number of carbonyl (C=O) groups excluding carboxylic acids is 1. The third-order valence-corrected chi connectivity index (χ3v) is 4.69. The summed E-state index contributed by atoms with van der Waals surface area (Å²) in [5.74, 6) is 0.623. The van der Waals surface area contributed by atoms with Gasteiger partial charge >= 0.3 is 0 Å². The Kier molecular flexibility index (Phi) is 3.98. The van der Waals surface area contributed by atoms with Crippen LogP contribution in [0.25, 0.3) is 27.7 Å². The van der Waals surface area contributed by atoms with Crippen LogP contribution in [-0.2, 0) is 4.79 Å². The first kappa shape index (κ1) is 17.0. The van der Waals surface area contributed by atoms with Crippen molar-refractivity contribution in [2.45, 2.75) is 6.92 Å². The minimum Gasteiger partial charge on any atom is -0.361 e. The second kappa shape index (κ2) is 6.79. The quantitative estimate of drug-likeness (QED) is 0.425. The van der Waals surface area contributed by atoms with Crippen LogP contribution in [-0.4, -0.2) is 25.5 Å². The van der Waals surface area contributed by atoms with E-state index in [4.69, 9.17) is 4.98 Å². The Morgan fingerprint density at radius 2 is 2.00 bits per heavy atom. The molecule has 0 saturated carbocycles. The number of fused-ring (bicyclic) bond motifs is 2. The number of hydrogen-bond acceptors (Lipinski definition) is 4. The lowest BCUT2D eigenvalue weighted by Crippen LogP contribution is -2.05. The van der Waals surface area contributed by atoms with Crippen LogP contribution in [0.3, 0.4) is 0 Å². The molecular weight excluding hydrogens is 364 g/mol. The number of aromatic amines is 1. The van der Waals surface area contributed by atoms with E-state index in [0.29, 0.717) is 0 Å². The molecule has 0 radical (unpaired) electrons. The highest BCUT2D eigenvalue weighted by atomic mass is 16.1. The van der Waals surface area contributed by atoms with Gasteiger partial charge in [0.1, 0.15) is 5.82 Å². The molecule has 0 spiro atoms. The summed E-state index contributed by atoms with van der Waals surface area (Å²) in [6.07, 6.45) is 5.58. The third-order valence-electron chi connectivity index (χ3n) is 4.69. The van der Waals surface area contributed by atoms with Crippen molar-refractivity contribution in [2.24, 2.45) is 0 Å². The summed E-state index contributed by atoms with van der Waals surface area (Å²) in [4.78, 5) is 19.3. The Morgan fingerprint density at radius 1 is 1.07 bits per heavy atom. The number of hydrogen-bond donors (Lipinski definition) is 3. The van der Waals surface area contributed by atoms with E-state index in [1.165, 1.54) is 6.92 Å². The maximum absolute atomic E-state index is 11.4. The molecule has 0 aliphatic heterocycles. The maximum atomic E-state index is 11.4. The molecule has 0 fully saturated rings. The minimum atomic E-state index is -0.106. The molecule has 1 amide bonds. The van der Waals surface area contributed by atoms with Crippen molar-refractivity contribution in [2.75, 3.05) is 10.6 Å². The zero-order valence-corrected chi connectivity index (χ0v) is 15.7. The van der Waals surface area contributed by atoms with Gasteiger partial charge in [-0.1, -0.05) is 12.1 Å². The fourth-order valence-electron chi connectivity index (χ4n) is 3.39.